The number of benzene rings is 1. The van der Waals surface area contributed by atoms with E-state index in [4.69, 9.17) is 0 Å². The molecule has 0 aromatic heterocycles. The zero-order chi connectivity index (χ0) is 12.3. The summed E-state index contributed by atoms with van der Waals surface area (Å²) in [6.07, 6.45) is 1.02. The Labute approximate surface area is 98.4 Å². The van der Waals surface area contributed by atoms with Gasteiger partial charge in [-0.15, -0.1) is 0 Å². The summed E-state index contributed by atoms with van der Waals surface area (Å²) in [7, 11) is 0. The number of amides is 1. The molecule has 0 radical (unpaired) electrons. The van der Waals surface area contributed by atoms with Crippen molar-refractivity contribution in [3.63, 3.8) is 0 Å². The average Bonchev–Trinajstić information content (AvgIpc) is 2.54. The van der Waals surface area contributed by atoms with Crippen LogP contribution in [0.4, 0.5) is 10.1 Å². The van der Waals surface area contributed by atoms with Crippen LogP contribution in [0.25, 0.3) is 0 Å². The Balaban J connectivity index is 2.26. The van der Waals surface area contributed by atoms with E-state index in [-0.39, 0.29) is 5.91 Å². The first kappa shape index (κ1) is 11.6. The normalized spacial score (nSPS) is 16.3. The first-order chi connectivity index (χ1) is 8.20. The molecule has 17 heavy (non-hydrogen) atoms. The van der Waals surface area contributed by atoms with Crippen LogP contribution in [-0.2, 0) is 4.79 Å². The molecule has 0 saturated carbocycles. The Bertz CT molecular complexity index is 448. The van der Waals surface area contributed by atoms with Crippen LogP contribution in [0.1, 0.15) is 16.8 Å². The largest absolute Gasteiger partial charge is 0.369 e. The van der Waals surface area contributed by atoms with E-state index >= 15 is 0 Å². The molecule has 0 spiro atoms. The van der Waals surface area contributed by atoms with Crippen molar-refractivity contribution >= 4 is 17.9 Å². The molecule has 1 aliphatic heterocycles. The lowest BCUT2D eigenvalue weighted by atomic mass is 10.1. The lowest BCUT2D eigenvalue weighted by Gasteiger charge is -2.23. The first-order valence-electron chi connectivity index (χ1n) is 5.47. The quantitative estimate of drug-likeness (QED) is 0.778. The molecule has 90 valence electrons. The van der Waals surface area contributed by atoms with Crippen molar-refractivity contribution in [2.24, 2.45) is 0 Å². The molecule has 1 N–H and O–H groups in total. The van der Waals surface area contributed by atoms with Crippen LogP contribution in [0, 0.1) is 5.82 Å². The van der Waals surface area contributed by atoms with Crippen molar-refractivity contribution in [1.82, 2.24) is 5.32 Å². The van der Waals surface area contributed by atoms with Gasteiger partial charge in [-0.3, -0.25) is 9.59 Å². The SMILES string of the molecule is O=Cc1cc(F)ccc1N1CCNC(=O)CC1. The molecule has 0 aliphatic carbocycles. The van der Waals surface area contributed by atoms with E-state index in [0.29, 0.717) is 43.6 Å². The van der Waals surface area contributed by atoms with E-state index in [0.717, 1.165) is 0 Å². The van der Waals surface area contributed by atoms with Crippen LogP contribution < -0.4 is 10.2 Å². The number of halogens is 1. The van der Waals surface area contributed by atoms with Crippen molar-refractivity contribution < 1.29 is 14.0 Å². The third-order valence-corrected chi connectivity index (χ3v) is 2.77. The van der Waals surface area contributed by atoms with Crippen LogP contribution in [-0.4, -0.2) is 31.8 Å². The van der Waals surface area contributed by atoms with Gasteiger partial charge in [-0.25, -0.2) is 4.39 Å². The highest BCUT2D eigenvalue weighted by atomic mass is 19.1. The summed E-state index contributed by atoms with van der Waals surface area (Å²) < 4.78 is 13.0. The third-order valence-electron chi connectivity index (χ3n) is 2.77. The number of anilines is 1. The van der Waals surface area contributed by atoms with Gasteiger partial charge in [0.1, 0.15) is 5.82 Å². The average molecular weight is 236 g/mol. The van der Waals surface area contributed by atoms with E-state index in [2.05, 4.69) is 5.32 Å². The monoisotopic (exact) mass is 236 g/mol. The molecule has 1 heterocycles. The predicted octanol–water partition coefficient (Wildman–Crippen LogP) is 0.964. The summed E-state index contributed by atoms with van der Waals surface area (Å²) in [5.74, 6) is -0.429. The minimum atomic E-state index is -0.431. The fraction of sp³-hybridized carbons (Fsp3) is 0.333. The highest BCUT2D eigenvalue weighted by molar-refractivity contribution is 5.85. The van der Waals surface area contributed by atoms with E-state index in [9.17, 15) is 14.0 Å². The number of hydrogen-bond acceptors (Lipinski definition) is 3. The Morgan fingerprint density at radius 3 is 2.94 bits per heavy atom. The highest BCUT2D eigenvalue weighted by Crippen LogP contribution is 2.20. The molecule has 1 aromatic rings. The van der Waals surface area contributed by atoms with Crippen LogP contribution >= 0.6 is 0 Å². The maximum atomic E-state index is 13.0. The molecule has 5 heteroatoms. The fourth-order valence-electron chi connectivity index (χ4n) is 1.92. The van der Waals surface area contributed by atoms with Crippen molar-refractivity contribution in [1.29, 1.82) is 0 Å². The molecule has 1 aromatic carbocycles. The molecule has 1 fully saturated rings. The second-order valence-electron chi connectivity index (χ2n) is 3.91. The molecule has 0 unspecified atom stereocenters. The third kappa shape index (κ3) is 2.61. The molecule has 2 rings (SSSR count). The standard InChI is InChI=1S/C12H13FN2O2/c13-10-1-2-11(9(7-10)8-16)15-5-3-12(17)14-4-6-15/h1-2,7-8H,3-6H2,(H,14,17). The van der Waals surface area contributed by atoms with Gasteiger partial charge in [0, 0.05) is 37.3 Å². The summed E-state index contributed by atoms with van der Waals surface area (Å²) >= 11 is 0. The Hall–Kier alpha value is -1.91. The Morgan fingerprint density at radius 2 is 2.18 bits per heavy atom. The number of carbonyl (C=O) groups excluding carboxylic acids is 2. The molecule has 4 nitrogen and oxygen atoms in total. The zero-order valence-electron chi connectivity index (χ0n) is 9.28. The van der Waals surface area contributed by atoms with E-state index < -0.39 is 5.82 Å². The highest BCUT2D eigenvalue weighted by Gasteiger charge is 2.16. The van der Waals surface area contributed by atoms with Crippen LogP contribution in [0.15, 0.2) is 18.2 Å². The number of hydrogen-bond donors (Lipinski definition) is 1. The molecule has 1 amide bonds. The first-order valence-corrected chi connectivity index (χ1v) is 5.47. The minimum absolute atomic E-state index is 0.00210. The lowest BCUT2D eigenvalue weighted by molar-refractivity contribution is -0.120. The van der Waals surface area contributed by atoms with Crippen molar-refractivity contribution in [2.45, 2.75) is 6.42 Å². The van der Waals surface area contributed by atoms with Crippen LogP contribution in [0.5, 0.6) is 0 Å². The molecule has 1 saturated heterocycles. The molecule has 1 aliphatic rings. The molecule has 0 atom stereocenters. The Morgan fingerprint density at radius 1 is 1.35 bits per heavy atom. The summed E-state index contributed by atoms with van der Waals surface area (Å²) in [6.45, 7) is 1.70. The molecular formula is C12H13FN2O2. The van der Waals surface area contributed by atoms with Crippen LogP contribution in [0.2, 0.25) is 0 Å². The van der Waals surface area contributed by atoms with Crippen molar-refractivity contribution in [3.05, 3.63) is 29.6 Å². The maximum Gasteiger partial charge on any atom is 0.221 e. The van der Waals surface area contributed by atoms with Gasteiger partial charge < -0.3 is 10.2 Å². The van der Waals surface area contributed by atoms with Gasteiger partial charge in [0.25, 0.3) is 0 Å². The second kappa shape index (κ2) is 4.95. The van der Waals surface area contributed by atoms with E-state index in [1.807, 2.05) is 4.90 Å². The van der Waals surface area contributed by atoms with Gasteiger partial charge in [0.2, 0.25) is 5.91 Å². The van der Waals surface area contributed by atoms with Crippen molar-refractivity contribution in [2.75, 3.05) is 24.5 Å². The van der Waals surface area contributed by atoms with Gasteiger partial charge >= 0.3 is 0 Å². The van der Waals surface area contributed by atoms with E-state index in [1.165, 1.54) is 12.1 Å². The van der Waals surface area contributed by atoms with Gasteiger partial charge in [-0.05, 0) is 18.2 Å². The maximum absolute atomic E-state index is 13.0. The number of rotatable bonds is 2. The topological polar surface area (TPSA) is 49.4 Å². The van der Waals surface area contributed by atoms with Gasteiger partial charge in [-0.2, -0.15) is 0 Å². The van der Waals surface area contributed by atoms with E-state index in [1.54, 1.807) is 6.07 Å². The summed E-state index contributed by atoms with van der Waals surface area (Å²) in [4.78, 5) is 24.0. The fourth-order valence-corrected chi connectivity index (χ4v) is 1.92. The lowest BCUT2D eigenvalue weighted by Crippen LogP contribution is -2.29. The number of carbonyl (C=O) groups is 2. The smallest absolute Gasteiger partial charge is 0.221 e. The van der Waals surface area contributed by atoms with Gasteiger partial charge in [-0.1, -0.05) is 0 Å². The molecule has 0 bridgehead atoms. The summed E-state index contributed by atoms with van der Waals surface area (Å²) in [5.41, 5.74) is 0.997. The van der Waals surface area contributed by atoms with Gasteiger partial charge in [0.05, 0.1) is 0 Å². The van der Waals surface area contributed by atoms with Crippen molar-refractivity contribution in [3.8, 4) is 0 Å². The summed E-state index contributed by atoms with van der Waals surface area (Å²) in [5, 5.41) is 2.75. The Kier molecular flexibility index (Phi) is 3.37. The minimum Gasteiger partial charge on any atom is -0.369 e. The number of nitrogens with zero attached hydrogens (tertiary/aromatic N) is 1. The molecular weight excluding hydrogens is 223 g/mol. The van der Waals surface area contributed by atoms with Gasteiger partial charge in [0.15, 0.2) is 6.29 Å². The summed E-state index contributed by atoms with van der Waals surface area (Å²) in [6, 6.07) is 4.11. The number of nitrogens with one attached hydrogen (secondary N) is 1. The second-order valence-corrected chi connectivity index (χ2v) is 3.91. The predicted molar refractivity (Wildman–Crippen MR) is 61.6 cm³/mol. The number of aldehydes is 1. The van der Waals surface area contributed by atoms with Crippen LogP contribution in [0.3, 0.4) is 0 Å². The zero-order valence-corrected chi connectivity index (χ0v) is 9.28.